The van der Waals surface area contributed by atoms with Crippen LogP contribution >= 0.6 is 23.5 Å². The highest BCUT2D eigenvalue weighted by atomic mass is 32.2. The molecule has 0 aliphatic heterocycles. The summed E-state index contributed by atoms with van der Waals surface area (Å²) in [5.74, 6) is -3.63. The number of aromatic hydroxyl groups is 2. The molecule has 0 radical (unpaired) electrons. The molecule has 0 aliphatic rings. The van der Waals surface area contributed by atoms with Crippen molar-refractivity contribution >= 4 is 59.0 Å². The molecule has 2 rings (SSSR count). The van der Waals surface area contributed by atoms with Crippen LogP contribution in [0.1, 0.15) is 62.5 Å². The number of rotatable bonds is 29. The third-order valence-electron chi connectivity index (χ3n) is 9.37. The molecule has 0 saturated heterocycles. The minimum absolute atomic E-state index is 0.0195. The molecule has 17 nitrogen and oxygen atoms in total. The molecule has 0 spiro atoms. The second-order valence-electron chi connectivity index (χ2n) is 14.1. The molecule has 0 bridgehead atoms. The van der Waals surface area contributed by atoms with Crippen LogP contribution in [0.25, 0.3) is 0 Å². The lowest BCUT2D eigenvalue weighted by atomic mass is 10.0. The number of nitrogens with one attached hydrogen (secondary N) is 5. The maximum Gasteiger partial charge on any atom is 0.326 e. The zero-order valence-electron chi connectivity index (χ0n) is 33.8. The molecule has 6 atom stereocenters. The van der Waals surface area contributed by atoms with Crippen molar-refractivity contribution in [1.82, 2.24) is 26.6 Å². The second-order valence-corrected chi connectivity index (χ2v) is 16.1. The van der Waals surface area contributed by atoms with Crippen LogP contribution in [0.5, 0.6) is 11.5 Å². The smallest absolute Gasteiger partial charge is 0.326 e. The van der Waals surface area contributed by atoms with Gasteiger partial charge in [0.25, 0.3) is 0 Å². The van der Waals surface area contributed by atoms with E-state index < -0.39 is 71.8 Å². The maximum atomic E-state index is 14.3. The van der Waals surface area contributed by atoms with Gasteiger partial charge in [0.2, 0.25) is 29.5 Å². The number of amides is 5. The first-order chi connectivity index (χ1) is 28.2. The van der Waals surface area contributed by atoms with Crippen LogP contribution in [0.15, 0.2) is 48.5 Å². The first-order valence-corrected chi connectivity index (χ1v) is 22.5. The Morgan fingerprint density at radius 1 is 0.525 bits per heavy atom. The van der Waals surface area contributed by atoms with Gasteiger partial charge in [-0.15, -0.1) is 0 Å². The summed E-state index contributed by atoms with van der Waals surface area (Å²) < 4.78 is 0. The lowest BCUT2D eigenvalue weighted by molar-refractivity contribution is -0.142. The number of benzene rings is 2. The molecule has 2 aromatic rings. The quantitative estimate of drug-likeness (QED) is 0.0497. The van der Waals surface area contributed by atoms with Gasteiger partial charge in [-0.2, -0.15) is 23.5 Å². The predicted molar refractivity (Wildman–Crippen MR) is 231 cm³/mol. The Labute approximate surface area is 354 Å². The number of phenolic OH excluding ortho intramolecular Hbond substituents is 2. The molecule has 0 heterocycles. The first-order valence-electron chi connectivity index (χ1n) is 19.7. The largest absolute Gasteiger partial charge is 0.508 e. The highest BCUT2D eigenvalue weighted by molar-refractivity contribution is 7.98. The Balaban J connectivity index is 2.49. The molecule has 5 amide bonds. The van der Waals surface area contributed by atoms with Gasteiger partial charge in [-0.25, -0.2) is 4.79 Å². The lowest BCUT2D eigenvalue weighted by Crippen LogP contribution is -2.60. The molecule has 19 heteroatoms. The number of hydrogen-bond acceptors (Lipinski definition) is 13. The van der Waals surface area contributed by atoms with Gasteiger partial charge in [0.05, 0.1) is 6.04 Å². The van der Waals surface area contributed by atoms with Crippen molar-refractivity contribution in [1.29, 1.82) is 0 Å². The van der Waals surface area contributed by atoms with Gasteiger partial charge in [-0.05, 0) is 124 Å². The van der Waals surface area contributed by atoms with Crippen molar-refractivity contribution < 1.29 is 44.1 Å². The minimum atomic E-state index is -1.34. The number of hydrogen-bond donors (Lipinski definition) is 11. The van der Waals surface area contributed by atoms with Gasteiger partial charge in [0.15, 0.2) is 0 Å². The molecule has 14 N–H and O–H groups in total. The van der Waals surface area contributed by atoms with E-state index in [0.717, 1.165) is 0 Å². The number of carbonyl (C=O) groups excluding carboxylic acids is 5. The first kappa shape index (κ1) is 50.6. The fourth-order valence-electron chi connectivity index (χ4n) is 5.91. The van der Waals surface area contributed by atoms with Gasteiger partial charge >= 0.3 is 5.97 Å². The van der Waals surface area contributed by atoms with Crippen LogP contribution in [0, 0.1) is 0 Å². The Bertz CT molecular complexity index is 1620. The Kier molecular flexibility index (Phi) is 24.0. The van der Waals surface area contributed by atoms with Gasteiger partial charge in [0.1, 0.15) is 41.7 Å². The topological polar surface area (TPSA) is 301 Å². The molecule has 0 aliphatic carbocycles. The normalized spacial score (nSPS) is 14.1. The number of carbonyl (C=O) groups is 6. The Hall–Kier alpha value is -4.56. The molecular weight excluding hydrogens is 801 g/mol. The summed E-state index contributed by atoms with van der Waals surface area (Å²) in [4.78, 5) is 80.9. The summed E-state index contributed by atoms with van der Waals surface area (Å²) in [5, 5.41) is 43.0. The lowest BCUT2D eigenvalue weighted by Gasteiger charge is -2.27. The van der Waals surface area contributed by atoms with E-state index in [9.17, 15) is 44.1 Å². The second kappa shape index (κ2) is 28.0. The SMILES string of the molecule is CSCC[C@H](NC(=O)[C@H](CCCCN)NC(=O)[C@H](Cc1ccc(O)cc1)NC(=O)[C@H](Cc1ccc(O)cc1)NC(=O)[C@H](CCCCN)NC(=O)[C@@H](N)CCSC)C(=O)O. The van der Waals surface area contributed by atoms with Gasteiger partial charge in [0, 0.05) is 12.8 Å². The summed E-state index contributed by atoms with van der Waals surface area (Å²) in [6, 6.07) is 4.97. The van der Waals surface area contributed by atoms with Crippen molar-refractivity contribution in [2.75, 3.05) is 37.1 Å². The number of unbranched alkanes of at least 4 members (excludes halogenated alkanes) is 2. The van der Waals surface area contributed by atoms with Crippen molar-refractivity contribution in [3.63, 3.8) is 0 Å². The van der Waals surface area contributed by atoms with Crippen LogP contribution in [0.4, 0.5) is 0 Å². The van der Waals surface area contributed by atoms with E-state index in [4.69, 9.17) is 17.2 Å². The summed E-state index contributed by atoms with van der Waals surface area (Å²) in [6.45, 7) is 0.684. The molecular formula is C40H62N8O9S2. The molecule has 0 saturated carbocycles. The monoisotopic (exact) mass is 862 g/mol. The summed E-state index contributed by atoms with van der Waals surface area (Å²) in [6.07, 6.45) is 6.39. The maximum absolute atomic E-state index is 14.3. The van der Waals surface area contributed by atoms with Crippen molar-refractivity contribution in [3.05, 3.63) is 59.7 Å². The fraction of sp³-hybridized carbons (Fsp3) is 0.550. The third-order valence-corrected chi connectivity index (χ3v) is 10.7. The summed E-state index contributed by atoms with van der Waals surface area (Å²) in [5.41, 5.74) is 18.6. The van der Waals surface area contributed by atoms with Crippen LogP contribution < -0.4 is 43.8 Å². The number of aliphatic carboxylic acids is 1. The van der Waals surface area contributed by atoms with Crippen LogP contribution in [0.2, 0.25) is 0 Å². The average Bonchev–Trinajstić information content (AvgIpc) is 3.21. The van der Waals surface area contributed by atoms with E-state index in [1.165, 1.54) is 47.8 Å². The Morgan fingerprint density at radius 2 is 0.881 bits per heavy atom. The van der Waals surface area contributed by atoms with E-state index in [2.05, 4.69) is 26.6 Å². The van der Waals surface area contributed by atoms with E-state index in [0.29, 0.717) is 67.8 Å². The number of nitrogens with two attached hydrogens (primary N) is 3. The molecule has 0 fully saturated rings. The number of carboxylic acid groups (broad SMARTS) is 1. The number of thioether (sulfide) groups is 2. The Morgan fingerprint density at radius 3 is 1.27 bits per heavy atom. The molecule has 328 valence electrons. The molecule has 0 unspecified atom stereocenters. The van der Waals surface area contributed by atoms with Crippen LogP contribution in [0.3, 0.4) is 0 Å². The van der Waals surface area contributed by atoms with Crippen molar-refractivity contribution in [2.45, 2.75) is 100 Å². The average molecular weight is 863 g/mol. The van der Waals surface area contributed by atoms with E-state index in [-0.39, 0.29) is 43.6 Å². The summed E-state index contributed by atoms with van der Waals surface area (Å²) in [7, 11) is 0. The van der Waals surface area contributed by atoms with E-state index >= 15 is 0 Å². The molecule has 59 heavy (non-hydrogen) atoms. The molecule has 0 aromatic heterocycles. The van der Waals surface area contributed by atoms with Crippen molar-refractivity contribution in [3.8, 4) is 11.5 Å². The van der Waals surface area contributed by atoms with Crippen molar-refractivity contribution in [2.24, 2.45) is 17.2 Å². The van der Waals surface area contributed by atoms with Gasteiger partial charge in [-0.1, -0.05) is 24.3 Å². The van der Waals surface area contributed by atoms with Crippen LogP contribution in [-0.2, 0) is 41.6 Å². The van der Waals surface area contributed by atoms with Crippen LogP contribution in [-0.4, -0.2) is 124 Å². The minimum Gasteiger partial charge on any atom is -0.508 e. The fourth-order valence-corrected chi connectivity index (χ4v) is 6.88. The van der Waals surface area contributed by atoms with Gasteiger partial charge in [-0.3, -0.25) is 24.0 Å². The summed E-state index contributed by atoms with van der Waals surface area (Å²) >= 11 is 2.95. The predicted octanol–water partition coefficient (Wildman–Crippen LogP) is 0.483. The van der Waals surface area contributed by atoms with E-state index in [1.807, 2.05) is 12.5 Å². The zero-order chi connectivity index (χ0) is 43.7. The highest BCUT2D eigenvalue weighted by Crippen LogP contribution is 2.15. The number of carboxylic acids is 1. The molecule has 2 aromatic carbocycles. The zero-order valence-corrected chi connectivity index (χ0v) is 35.5. The standard InChI is InChI=1S/C40H62N8O9S2/c1-58-21-17-29(43)35(51)44-30(7-3-5-19-41)37(53)47-34(24-26-11-15-28(50)16-12-26)39(55)48-33(23-25-9-13-27(49)14-10-25)38(54)45-31(8-4-6-20-42)36(52)46-32(40(56)57)18-22-59-2/h9-16,29-34,49-50H,3-8,17-24,41-43H2,1-2H3,(H,44,51)(H,45,54)(H,46,52)(H,47,53)(H,48,55)(H,56,57)/t29-,30-,31-,32-,33-,34-/m0/s1. The van der Waals surface area contributed by atoms with E-state index in [1.54, 1.807) is 24.3 Å². The third kappa shape index (κ3) is 19.4. The van der Waals surface area contributed by atoms with Gasteiger partial charge < -0.3 is 59.1 Å². The highest BCUT2D eigenvalue weighted by Gasteiger charge is 2.33. The number of phenols is 2.